The maximum atomic E-state index is 5.78. The fourth-order valence-corrected chi connectivity index (χ4v) is 2.44. The number of nitrogens with zero attached hydrogens (tertiary/aromatic N) is 1. The van der Waals surface area contributed by atoms with E-state index in [4.69, 9.17) is 10.6 Å². The SMILES string of the molecule is CCOC(CC)C(NN)c1cccc2cccnc12. The molecule has 0 spiro atoms. The molecule has 1 aromatic heterocycles. The molecule has 0 radical (unpaired) electrons. The third-order valence-corrected chi connectivity index (χ3v) is 3.33. The second-order valence-electron chi connectivity index (χ2n) is 4.47. The van der Waals surface area contributed by atoms with Gasteiger partial charge in [-0.05, 0) is 25.0 Å². The number of hydrogen-bond acceptors (Lipinski definition) is 4. The predicted molar refractivity (Wildman–Crippen MR) is 77.5 cm³/mol. The molecule has 1 heterocycles. The highest BCUT2D eigenvalue weighted by atomic mass is 16.5. The molecule has 4 nitrogen and oxygen atoms in total. The van der Waals surface area contributed by atoms with E-state index in [0.717, 1.165) is 22.9 Å². The van der Waals surface area contributed by atoms with Crippen molar-refractivity contribution in [1.29, 1.82) is 0 Å². The highest BCUT2D eigenvalue weighted by Crippen LogP contribution is 2.26. The number of nitrogens with two attached hydrogens (primary N) is 1. The smallest absolute Gasteiger partial charge is 0.0780 e. The molecule has 0 amide bonds. The number of hydrogen-bond donors (Lipinski definition) is 2. The van der Waals surface area contributed by atoms with E-state index in [2.05, 4.69) is 35.5 Å². The molecule has 0 aliphatic carbocycles. The van der Waals surface area contributed by atoms with Crippen LogP contribution in [0, 0.1) is 0 Å². The summed E-state index contributed by atoms with van der Waals surface area (Å²) >= 11 is 0. The Labute approximate surface area is 113 Å². The lowest BCUT2D eigenvalue weighted by atomic mass is 9.97. The number of ether oxygens (including phenoxy) is 1. The quantitative estimate of drug-likeness (QED) is 0.618. The normalized spacial score (nSPS) is 14.5. The lowest BCUT2D eigenvalue weighted by molar-refractivity contribution is 0.0317. The van der Waals surface area contributed by atoms with Crippen molar-refractivity contribution in [2.75, 3.05) is 6.61 Å². The van der Waals surface area contributed by atoms with E-state index in [1.807, 2.05) is 19.1 Å². The van der Waals surface area contributed by atoms with E-state index in [1.54, 1.807) is 6.20 Å². The second-order valence-corrected chi connectivity index (χ2v) is 4.47. The summed E-state index contributed by atoms with van der Waals surface area (Å²) in [7, 11) is 0. The third kappa shape index (κ3) is 2.92. The zero-order valence-corrected chi connectivity index (χ0v) is 11.5. The van der Waals surface area contributed by atoms with E-state index >= 15 is 0 Å². The molecule has 19 heavy (non-hydrogen) atoms. The van der Waals surface area contributed by atoms with Crippen molar-refractivity contribution in [2.24, 2.45) is 5.84 Å². The van der Waals surface area contributed by atoms with Crippen LogP contribution in [0.4, 0.5) is 0 Å². The molecule has 102 valence electrons. The van der Waals surface area contributed by atoms with Crippen molar-refractivity contribution in [2.45, 2.75) is 32.4 Å². The van der Waals surface area contributed by atoms with Crippen LogP contribution in [0.3, 0.4) is 0 Å². The van der Waals surface area contributed by atoms with Crippen molar-refractivity contribution in [3.63, 3.8) is 0 Å². The van der Waals surface area contributed by atoms with E-state index in [9.17, 15) is 0 Å². The van der Waals surface area contributed by atoms with Gasteiger partial charge in [0.15, 0.2) is 0 Å². The van der Waals surface area contributed by atoms with Crippen molar-refractivity contribution in [3.05, 3.63) is 42.1 Å². The fraction of sp³-hybridized carbons (Fsp3) is 0.400. The fourth-order valence-electron chi connectivity index (χ4n) is 2.44. The first-order valence-electron chi connectivity index (χ1n) is 6.73. The van der Waals surface area contributed by atoms with Gasteiger partial charge in [0.25, 0.3) is 0 Å². The Morgan fingerprint density at radius 2 is 2.05 bits per heavy atom. The number of pyridine rings is 1. The first-order chi connectivity index (χ1) is 9.31. The third-order valence-electron chi connectivity index (χ3n) is 3.33. The average Bonchev–Trinajstić information content (AvgIpc) is 2.47. The zero-order valence-electron chi connectivity index (χ0n) is 11.5. The van der Waals surface area contributed by atoms with Gasteiger partial charge in [0.05, 0.1) is 17.7 Å². The van der Waals surface area contributed by atoms with Gasteiger partial charge in [-0.3, -0.25) is 16.3 Å². The summed E-state index contributed by atoms with van der Waals surface area (Å²) in [4.78, 5) is 4.48. The Hall–Kier alpha value is -1.49. The monoisotopic (exact) mass is 259 g/mol. The first-order valence-corrected chi connectivity index (χ1v) is 6.73. The molecule has 2 rings (SSSR count). The van der Waals surface area contributed by atoms with Crippen molar-refractivity contribution >= 4 is 10.9 Å². The molecular weight excluding hydrogens is 238 g/mol. The van der Waals surface area contributed by atoms with Gasteiger partial charge < -0.3 is 4.74 Å². The Morgan fingerprint density at radius 1 is 1.26 bits per heavy atom. The molecule has 1 aromatic carbocycles. The van der Waals surface area contributed by atoms with Crippen LogP contribution in [0.15, 0.2) is 36.5 Å². The summed E-state index contributed by atoms with van der Waals surface area (Å²) in [6.45, 7) is 4.77. The topological polar surface area (TPSA) is 60.2 Å². The molecule has 2 unspecified atom stereocenters. The van der Waals surface area contributed by atoms with Crippen LogP contribution in [0.5, 0.6) is 0 Å². The summed E-state index contributed by atoms with van der Waals surface area (Å²) in [5, 5.41) is 1.12. The summed E-state index contributed by atoms with van der Waals surface area (Å²) in [6, 6.07) is 10.1. The largest absolute Gasteiger partial charge is 0.376 e. The molecule has 0 saturated heterocycles. The van der Waals surface area contributed by atoms with E-state index in [1.165, 1.54) is 0 Å². The van der Waals surface area contributed by atoms with E-state index in [0.29, 0.717) is 6.61 Å². The number of nitrogens with one attached hydrogen (secondary N) is 1. The van der Waals surface area contributed by atoms with Crippen LogP contribution in [-0.2, 0) is 4.74 Å². The average molecular weight is 259 g/mol. The van der Waals surface area contributed by atoms with Crippen LogP contribution in [0.2, 0.25) is 0 Å². The minimum Gasteiger partial charge on any atom is -0.376 e. The molecule has 0 bridgehead atoms. The van der Waals surface area contributed by atoms with Gasteiger partial charge in [0, 0.05) is 18.2 Å². The Bertz CT molecular complexity index is 524. The molecule has 4 heteroatoms. The molecular formula is C15H21N3O. The minimum absolute atomic E-state index is 0.0441. The summed E-state index contributed by atoms with van der Waals surface area (Å²) in [6.07, 6.45) is 2.75. The van der Waals surface area contributed by atoms with Gasteiger partial charge in [-0.1, -0.05) is 31.2 Å². The van der Waals surface area contributed by atoms with Crippen LogP contribution in [0.25, 0.3) is 10.9 Å². The number of hydrazine groups is 1. The number of benzene rings is 1. The number of aromatic nitrogens is 1. The maximum Gasteiger partial charge on any atom is 0.0780 e. The molecule has 0 fully saturated rings. The van der Waals surface area contributed by atoms with Gasteiger partial charge in [0.1, 0.15) is 0 Å². The lowest BCUT2D eigenvalue weighted by Gasteiger charge is -2.26. The molecule has 2 atom stereocenters. The van der Waals surface area contributed by atoms with Crippen LogP contribution < -0.4 is 11.3 Å². The summed E-state index contributed by atoms with van der Waals surface area (Å²) in [5.41, 5.74) is 4.94. The Balaban J connectivity index is 2.45. The Kier molecular flexibility index (Phi) is 4.85. The van der Waals surface area contributed by atoms with Gasteiger partial charge in [-0.2, -0.15) is 0 Å². The van der Waals surface area contributed by atoms with Gasteiger partial charge >= 0.3 is 0 Å². The lowest BCUT2D eigenvalue weighted by Crippen LogP contribution is -2.38. The number of rotatable bonds is 6. The number of fused-ring (bicyclic) bond motifs is 1. The van der Waals surface area contributed by atoms with Gasteiger partial charge in [0.2, 0.25) is 0 Å². The molecule has 0 aliphatic heterocycles. The zero-order chi connectivity index (χ0) is 13.7. The van der Waals surface area contributed by atoms with Gasteiger partial charge in [-0.15, -0.1) is 0 Å². The Morgan fingerprint density at radius 3 is 2.74 bits per heavy atom. The molecule has 0 aliphatic rings. The summed E-state index contributed by atoms with van der Waals surface area (Å²) in [5.74, 6) is 5.74. The first kappa shape index (κ1) is 13.9. The highest BCUT2D eigenvalue weighted by molar-refractivity contribution is 5.82. The second kappa shape index (κ2) is 6.61. The number of para-hydroxylation sites is 1. The standard InChI is InChI=1S/C15H21N3O/c1-3-13(19-4-2)15(18-16)12-9-5-7-11-8-6-10-17-14(11)12/h5-10,13,15,18H,3-4,16H2,1-2H3. The molecule has 2 aromatic rings. The maximum absolute atomic E-state index is 5.78. The van der Waals surface area contributed by atoms with Crippen LogP contribution in [0.1, 0.15) is 31.9 Å². The van der Waals surface area contributed by atoms with Crippen LogP contribution >= 0.6 is 0 Å². The van der Waals surface area contributed by atoms with Crippen LogP contribution in [-0.4, -0.2) is 17.7 Å². The van der Waals surface area contributed by atoms with E-state index in [-0.39, 0.29) is 12.1 Å². The van der Waals surface area contributed by atoms with Gasteiger partial charge in [-0.25, -0.2) is 0 Å². The molecule has 0 saturated carbocycles. The highest BCUT2D eigenvalue weighted by Gasteiger charge is 2.23. The molecule has 3 N–H and O–H groups in total. The predicted octanol–water partition coefficient (Wildman–Crippen LogP) is 2.55. The minimum atomic E-state index is -0.0523. The summed E-state index contributed by atoms with van der Waals surface area (Å²) < 4.78 is 5.78. The van der Waals surface area contributed by atoms with Crippen molar-refractivity contribution in [1.82, 2.24) is 10.4 Å². The van der Waals surface area contributed by atoms with Crippen molar-refractivity contribution in [3.8, 4) is 0 Å². The van der Waals surface area contributed by atoms with E-state index < -0.39 is 0 Å². The van der Waals surface area contributed by atoms with Crippen molar-refractivity contribution < 1.29 is 4.74 Å².